The quantitative estimate of drug-likeness (QED) is 0.856. The molecule has 1 rings (SSSR count). The van der Waals surface area contributed by atoms with Gasteiger partial charge in [0.2, 0.25) is 5.91 Å². The van der Waals surface area contributed by atoms with Gasteiger partial charge in [-0.25, -0.2) is 13.8 Å². The summed E-state index contributed by atoms with van der Waals surface area (Å²) in [6.45, 7) is 3.98. The Balaban J connectivity index is 2.90. The second-order valence-electron chi connectivity index (χ2n) is 4.12. The van der Waals surface area contributed by atoms with E-state index in [0.29, 0.717) is 6.54 Å². The molecule has 0 fully saturated rings. The van der Waals surface area contributed by atoms with Gasteiger partial charge >= 0.3 is 0 Å². The summed E-state index contributed by atoms with van der Waals surface area (Å²) in [6, 6.07) is 0.0733. The Bertz CT molecular complexity index is 467. The number of pyridine rings is 1. The predicted octanol–water partition coefficient (Wildman–Crippen LogP) is 1.68. The van der Waals surface area contributed by atoms with E-state index in [2.05, 4.69) is 15.6 Å². The number of carbonyl (C=O) groups is 1. The Morgan fingerprint density at radius 1 is 1.42 bits per heavy atom. The van der Waals surface area contributed by atoms with Crippen molar-refractivity contribution in [2.45, 2.75) is 19.9 Å². The maximum absolute atomic E-state index is 13.6. The minimum absolute atomic E-state index is 0.0765. The van der Waals surface area contributed by atoms with E-state index in [-0.39, 0.29) is 17.5 Å². The fourth-order valence-electron chi connectivity index (χ4n) is 1.50. The van der Waals surface area contributed by atoms with Crippen LogP contribution in [0.2, 0.25) is 0 Å². The Kier molecular flexibility index (Phi) is 5.02. The van der Waals surface area contributed by atoms with E-state index in [1.165, 1.54) is 11.9 Å². The number of amides is 1. The third kappa shape index (κ3) is 3.52. The number of aromatic nitrogens is 1. The first-order valence-electron chi connectivity index (χ1n) is 5.96. The molecule has 2 N–H and O–H groups in total. The summed E-state index contributed by atoms with van der Waals surface area (Å²) in [5, 5.41) is 5.15. The van der Waals surface area contributed by atoms with Crippen molar-refractivity contribution in [3.8, 4) is 0 Å². The van der Waals surface area contributed by atoms with Crippen molar-refractivity contribution < 1.29 is 13.6 Å². The van der Waals surface area contributed by atoms with E-state index >= 15 is 0 Å². The van der Waals surface area contributed by atoms with Crippen LogP contribution >= 0.6 is 0 Å². The van der Waals surface area contributed by atoms with Crippen molar-refractivity contribution in [2.24, 2.45) is 0 Å². The highest BCUT2D eigenvalue weighted by molar-refractivity contribution is 5.83. The van der Waals surface area contributed by atoms with Crippen LogP contribution in [-0.4, -0.2) is 42.5 Å². The van der Waals surface area contributed by atoms with E-state index in [1.807, 2.05) is 6.92 Å². The van der Waals surface area contributed by atoms with E-state index in [9.17, 15) is 13.6 Å². The highest BCUT2D eigenvalue weighted by Gasteiger charge is 2.19. The van der Waals surface area contributed by atoms with Crippen molar-refractivity contribution in [1.82, 2.24) is 9.88 Å². The minimum Gasteiger partial charge on any atom is -0.371 e. The molecular weight excluding hydrogens is 254 g/mol. The third-order valence-corrected chi connectivity index (χ3v) is 2.74. The van der Waals surface area contributed by atoms with Crippen LogP contribution in [0, 0.1) is 11.6 Å². The lowest BCUT2D eigenvalue weighted by Gasteiger charge is -2.21. The molecule has 7 heteroatoms. The van der Waals surface area contributed by atoms with Crippen molar-refractivity contribution >= 4 is 17.5 Å². The van der Waals surface area contributed by atoms with Crippen LogP contribution in [0.15, 0.2) is 6.07 Å². The first-order valence-corrected chi connectivity index (χ1v) is 5.96. The van der Waals surface area contributed by atoms with Crippen LogP contribution < -0.4 is 10.6 Å². The number of rotatable bonds is 5. The second kappa shape index (κ2) is 6.31. The molecule has 0 spiro atoms. The molecule has 1 atom stereocenters. The zero-order valence-electron chi connectivity index (χ0n) is 11.4. The molecule has 0 aliphatic carbocycles. The first kappa shape index (κ1) is 15.1. The summed E-state index contributed by atoms with van der Waals surface area (Å²) in [6.07, 6.45) is 0. The van der Waals surface area contributed by atoms with Gasteiger partial charge in [-0.2, -0.15) is 0 Å². The zero-order chi connectivity index (χ0) is 14.6. The molecule has 0 saturated heterocycles. The van der Waals surface area contributed by atoms with Crippen LogP contribution in [0.5, 0.6) is 0 Å². The lowest BCUT2D eigenvalue weighted by atomic mass is 10.3. The third-order valence-electron chi connectivity index (χ3n) is 2.74. The normalized spacial score (nSPS) is 11.9. The molecule has 0 bridgehead atoms. The van der Waals surface area contributed by atoms with Gasteiger partial charge in [-0.15, -0.1) is 0 Å². The Labute approximate surface area is 111 Å². The van der Waals surface area contributed by atoms with Gasteiger partial charge in [0.15, 0.2) is 23.3 Å². The van der Waals surface area contributed by atoms with Crippen molar-refractivity contribution in [3.63, 3.8) is 0 Å². The maximum Gasteiger partial charge on any atom is 0.244 e. The predicted molar refractivity (Wildman–Crippen MR) is 70.1 cm³/mol. The molecule has 1 aromatic rings. The smallest absolute Gasteiger partial charge is 0.244 e. The number of hydrogen-bond donors (Lipinski definition) is 2. The molecule has 1 aromatic heterocycles. The van der Waals surface area contributed by atoms with E-state index in [1.54, 1.807) is 14.0 Å². The van der Waals surface area contributed by atoms with Gasteiger partial charge in [0.1, 0.15) is 6.04 Å². The SMILES string of the molecule is CCN(C)C(=O)C(C)Nc1nc(NC)c(F)cc1F. The van der Waals surface area contributed by atoms with Gasteiger partial charge in [0, 0.05) is 26.7 Å². The number of carbonyl (C=O) groups excluding carboxylic acids is 1. The number of anilines is 2. The Hall–Kier alpha value is -1.92. The molecule has 0 aromatic carbocycles. The van der Waals surface area contributed by atoms with Gasteiger partial charge < -0.3 is 15.5 Å². The molecule has 1 unspecified atom stereocenters. The van der Waals surface area contributed by atoms with E-state index in [4.69, 9.17) is 0 Å². The fraction of sp³-hybridized carbons (Fsp3) is 0.500. The van der Waals surface area contributed by atoms with E-state index in [0.717, 1.165) is 6.07 Å². The van der Waals surface area contributed by atoms with Crippen molar-refractivity contribution in [2.75, 3.05) is 31.3 Å². The molecule has 5 nitrogen and oxygen atoms in total. The number of nitrogens with zero attached hydrogens (tertiary/aromatic N) is 2. The van der Waals surface area contributed by atoms with Crippen LogP contribution in [-0.2, 0) is 4.79 Å². The minimum atomic E-state index is -0.838. The number of halogens is 2. The monoisotopic (exact) mass is 272 g/mol. The Morgan fingerprint density at radius 3 is 2.53 bits per heavy atom. The summed E-state index contributed by atoms with van der Waals surface area (Å²) in [5.74, 6) is -2.05. The fourth-order valence-corrected chi connectivity index (χ4v) is 1.50. The van der Waals surface area contributed by atoms with Crippen LogP contribution in [0.1, 0.15) is 13.8 Å². The average molecular weight is 272 g/mol. The molecule has 19 heavy (non-hydrogen) atoms. The maximum atomic E-state index is 13.6. The lowest BCUT2D eigenvalue weighted by molar-refractivity contribution is -0.130. The summed E-state index contributed by atoms with van der Waals surface area (Å²) in [7, 11) is 3.13. The molecule has 0 aliphatic rings. The molecular formula is C12H18F2N4O. The molecule has 1 heterocycles. The highest BCUT2D eigenvalue weighted by atomic mass is 19.1. The summed E-state index contributed by atoms with van der Waals surface area (Å²) < 4.78 is 26.8. The van der Waals surface area contributed by atoms with Gasteiger partial charge in [0.05, 0.1) is 0 Å². The Morgan fingerprint density at radius 2 is 2.00 bits per heavy atom. The molecule has 1 amide bonds. The topological polar surface area (TPSA) is 57.3 Å². The lowest BCUT2D eigenvalue weighted by Crippen LogP contribution is -2.39. The van der Waals surface area contributed by atoms with Crippen molar-refractivity contribution in [1.29, 1.82) is 0 Å². The first-order chi connectivity index (χ1) is 8.90. The molecule has 0 saturated carbocycles. The number of likely N-dealkylation sites (N-methyl/N-ethyl adjacent to an activating group) is 1. The molecule has 0 aliphatic heterocycles. The summed E-state index contributed by atoms with van der Waals surface area (Å²) in [4.78, 5) is 17.1. The second-order valence-corrected chi connectivity index (χ2v) is 4.12. The number of nitrogens with one attached hydrogen (secondary N) is 2. The standard InChI is InChI=1S/C12H18F2N4O/c1-5-18(4)12(19)7(2)16-11-9(14)6-8(13)10(15-3)17-11/h6-7H,5H2,1-4H3,(H2,15,16,17). The van der Waals surface area contributed by atoms with Crippen molar-refractivity contribution in [3.05, 3.63) is 17.7 Å². The van der Waals surface area contributed by atoms with Crippen LogP contribution in [0.25, 0.3) is 0 Å². The highest BCUT2D eigenvalue weighted by Crippen LogP contribution is 2.19. The molecule has 0 radical (unpaired) electrons. The van der Waals surface area contributed by atoms with E-state index < -0.39 is 17.7 Å². The average Bonchev–Trinajstić information content (AvgIpc) is 2.39. The van der Waals surface area contributed by atoms with Crippen LogP contribution in [0.4, 0.5) is 20.4 Å². The summed E-state index contributed by atoms with van der Waals surface area (Å²) in [5.41, 5.74) is 0. The van der Waals surface area contributed by atoms with Gasteiger partial charge in [-0.3, -0.25) is 4.79 Å². The number of hydrogen-bond acceptors (Lipinski definition) is 4. The van der Waals surface area contributed by atoms with Gasteiger partial charge in [-0.05, 0) is 13.8 Å². The van der Waals surface area contributed by atoms with Gasteiger partial charge in [0.25, 0.3) is 0 Å². The molecule has 106 valence electrons. The van der Waals surface area contributed by atoms with Crippen LogP contribution in [0.3, 0.4) is 0 Å². The largest absolute Gasteiger partial charge is 0.371 e. The van der Waals surface area contributed by atoms with Gasteiger partial charge in [-0.1, -0.05) is 0 Å². The zero-order valence-corrected chi connectivity index (χ0v) is 11.4. The summed E-state index contributed by atoms with van der Waals surface area (Å²) >= 11 is 0.